The Balaban J connectivity index is 2.36. The maximum atomic E-state index is 12.6. The molecule has 0 aromatic heterocycles. The van der Waals surface area contributed by atoms with E-state index in [4.69, 9.17) is 5.73 Å². The van der Waals surface area contributed by atoms with Crippen LogP contribution in [0.4, 0.5) is 11.4 Å². The van der Waals surface area contributed by atoms with Crippen LogP contribution in [0.3, 0.4) is 0 Å². The van der Waals surface area contributed by atoms with Gasteiger partial charge in [0, 0.05) is 23.5 Å². The highest BCUT2D eigenvalue weighted by atomic mass is 16.2. The molecule has 0 saturated heterocycles. The summed E-state index contributed by atoms with van der Waals surface area (Å²) < 4.78 is 0. The van der Waals surface area contributed by atoms with Crippen LogP contribution in [-0.4, -0.2) is 12.5 Å². The predicted octanol–water partition coefficient (Wildman–Crippen LogP) is 3.55. The van der Waals surface area contributed by atoms with Gasteiger partial charge in [0.05, 0.1) is 0 Å². The summed E-state index contributed by atoms with van der Waals surface area (Å²) in [5.41, 5.74) is 10.2. The number of anilines is 2. The zero-order valence-electron chi connectivity index (χ0n) is 12.2. The first-order valence-electron chi connectivity index (χ1n) is 6.77. The monoisotopic (exact) mass is 268 g/mol. The first kappa shape index (κ1) is 14.1. The lowest BCUT2D eigenvalue weighted by Gasteiger charge is -2.21. The van der Waals surface area contributed by atoms with Gasteiger partial charge in [0.1, 0.15) is 0 Å². The molecule has 0 bridgehead atoms. The first-order valence-corrected chi connectivity index (χ1v) is 6.77. The highest BCUT2D eigenvalue weighted by Crippen LogP contribution is 2.20. The van der Waals surface area contributed by atoms with Gasteiger partial charge in [-0.3, -0.25) is 4.79 Å². The molecular formula is C17H20N2O. The zero-order valence-corrected chi connectivity index (χ0v) is 12.2. The highest BCUT2D eigenvalue weighted by molar-refractivity contribution is 6.06. The van der Waals surface area contributed by atoms with E-state index in [0.717, 1.165) is 11.3 Å². The maximum Gasteiger partial charge on any atom is 0.258 e. The lowest BCUT2D eigenvalue weighted by Crippen LogP contribution is -2.30. The molecule has 0 aliphatic rings. The predicted molar refractivity (Wildman–Crippen MR) is 84.1 cm³/mol. The van der Waals surface area contributed by atoms with E-state index in [-0.39, 0.29) is 5.91 Å². The minimum absolute atomic E-state index is 0.0215. The van der Waals surface area contributed by atoms with Crippen LogP contribution in [0.2, 0.25) is 0 Å². The molecular weight excluding hydrogens is 248 g/mol. The first-order chi connectivity index (χ1) is 9.51. The summed E-state index contributed by atoms with van der Waals surface area (Å²) in [6.45, 7) is 6.56. The number of amides is 1. The lowest BCUT2D eigenvalue weighted by molar-refractivity contribution is 0.0988. The van der Waals surface area contributed by atoms with Gasteiger partial charge >= 0.3 is 0 Å². The Bertz CT molecular complexity index is 597. The molecule has 0 saturated carbocycles. The quantitative estimate of drug-likeness (QED) is 0.865. The molecule has 2 aromatic carbocycles. The van der Waals surface area contributed by atoms with Crippen molar-refractivity contribution in [1.82, 2.24) is 0 Å². The summed E-state index contributed by atoms with van der Waals surface area (Å²) in [6, 6.07) is 13.4. The molecule has 1 amide bonds. The highest BCUT2D eigenvalue weighted by Gasteiger charge is 2.16. The largest absolute Gasteiger partial charge is 0.399 e. The van der Waals surface area contributed by atoms with Gasteiger partial charge in [0.2, 0.25) is 0 Å². The van der Waals surface area contributed by atoms with Gasteiger partial charge in [-0.25, -0.2) is 0 Å². The Kier molecular flexibility index (Phi) is 4.08. The van der Waals surface area contributed by atoms with Crippen molar-refractivity contribution in [2.75, 3.05) is 17.2 Å². The fourth-order valence-electron chi connectivity index (χ4n) is 2.26. The second-order valence-corrected chi connectivity index (χ2v) is 5.02. The Hall–Kier alpha value is -2.29. The molecule has 2 aromatic rings. The van der Waals surface area contributed by atoms with E-state index in [2.05, 4.69) is 0 Å². The Labute approximate surface area is 120 Å². The van der Waals surface area contributed by atoms with Crippen molar-refractivity contribution in [2.24, 2.45) is 0 Å². The summed E-state index contributed by atoms with van der Waals surface area (Å²) in [5.74, 6) is -0.0215. The standard InChI is InChI=1S/C17H20N2O/c1-4-19(16-7-5-12(2)6-8-16)17(20)14-9-13(3)10-15(18)11-14/h5-11H,4,18H2,1-3H3. The molecule has 0 fully saturated rings. The van der Waals surface area contributed by atoms with Crippen molar-refractivity contribution in [3.8, 4) is 0 Å². The minimum atomic E-state index is -0.0215. The third-order valence-electron chi connectivity index (χ3n) is 3.25. The summed E-state index contributed by atoms with van der Waals surface area (Å²) in [5, 5.41) is 0. The molecule has 3 heteroatoms. The number of aryl methyl sites for hydroxylation is 2. The lowest BCUT2D eigenvalue weighted by atomic mass is 10.1. The van der Waals surface area contributed by atoms with Gasteiger partial charge in [-0.15, -0.1) is 0 Å². The van der Waals surface area contributed by atoms with Crippen LogP contribution in [-0.2, 0) is 0 Å². The number of carbonyl (C=O) groups is 1. The molecule has 0 atom stereocenters. The molecule has 0 radical (unpaired) electrons. The third kappa shape index (κ3) is 2.99. The smallest absolute Gasteiger partial charge is 0.258 e. The summed E-state index contributed by atoms with van der Waals surface area (Å²) in [7, 11) is 0. The van der Waals surface area contributed by atoms with Crippen molar-refractivity contribution >= 4 is 17.3 Å². The molecule has 0 aliphatic heterocycles. The van der Waals surface area contributed by atoms with Crippen molar-refractivity contribution < 1.29 is 4.79 Å². The maximum absolute atomic E-state index is 12.6. The van der Waals surface area contributed by atoms with Crippen LogP contribution < -0.4 is 10.6 Å². The normalized spacial score (nSPS) is 10.3. The van der Waals surface area contributed by atoms with E-state index in [0.29, 0.717) is 17.8 Å². The number of hydrogen-bond donors (Lipinski definition) is 1. The second kappa shape index (κ2) is 5.78. The number of nitrogen functional groups attached to an aromatic ring is 1. The average Bonchev–Trinajstić information content (AvgIpc) is 2.40. The molecule has 0 aliphatic carbocycles. The zero-order chi connectivity index (χ0) is 14.7. The van der Waals surface area contributed by atoms with Gasteiger partial charge in [-0.1, -0.05) is 17.7 Å². The fourth-order valence-corrected chi connectivity index (χ4v) is 2.26. The van der Waals surface area contributed by atoms with Gasteiger partial charge in [-0.2, -0.15) is 0 Å². The molecule has 3 nitrogen and oxygen atoms in total. The van der Waals surface area contributed by atoms with E-state index >= 15 is 0 Å². The number of nitrogens with two attached hydrogens (primary N) is 1. The summed E-state index contributed by atoms with van der Waals surface area (Å²) >= 11 is 0. The molecule has 2 N–H and O–H groups in total. The molecule has 104 valence electrons. The van der Waals surface area contributed by atoms with Crippen LogP contribution in [0.5, 0.6) is 0 Å². The number of hydrogen-bond acceptors (Lipinski definition) is 2. The van der Waals surface area contributed by atoms with Crippen LogP contribution >= 0.6 is 0 Å². The number of carbonyl (C=O) groups excluding carboxylic acids is 1. The molecule has 0 spiro atoms. The number of rotatable bonds is 3. The van der Waals surface area contributed by atoms with Crippen molar-refractivity contribution in [2.45, 2.75) is 20.8 Å². The number of benzene rings is 2. The van der Waals surface area contributed by atoms with Gasteiger partial charge in [0.15, 0.2) is 0 Å². The average molecular weight is 268 g/mol. The topological polar surface area (TPSA) is 46.3 Å². The van der Waals surface area contributed by atoms with Crippen LogP contribution in [0, 0.1) is 13.8 Å². The van der Waals surface area contributed by atoms with E-state index in [9.17, 15) is 4.79 Å². The second-order valence-electron chi connectivity index (χ2n) is 5.02. The Morgan fingerprint density at radius 2 is 1.70 bits per heavy atom. The van der Waals surface area contributed by atoms with Crippen molar-refractivity contribution in [3.05, 3.63) is 59.2 Å². The Morgan fingerprint density at radius 1 is 1.05 bits per heavy atom. The summed E-state index contributed by atoms with van der Waals surface area (Å²) in [4.78, 5) is 14.4. The van der Waals surface area contributed by atoms with Crippen molar-refractivity contribution in [1.29, 1.82) is 0 Å². The van der Waals surface area contributed by atoms with Gasteiger partial charge in [0.25, 0.3) is 5.91 Å². The van der Waals surface area contributed by atoms with E-state index in [1.165, 1.54) is 5.56 Å². The van der Waals surface area contributed by atoms with Gasteiger partial charge < -0.3 is 10.6 Å². The van der Waals surface area contributed by atoms with Crippen molar-refractivity contribution in [3.63, 3.8) is 0 Å². The minimum Gasteiger partial charge on any atom is -0.399 e. The SMILES string of the molecule is CCN(C(=O)c1cc(C)cc(N)c1)c1ccc(C)cc1. The summed E-state index contributed by atoms with van der Waals surface area (Å²) in [6.07, 6.45) is 0. The van der Waals surface area contributed by atoms with Crippen LogP contribution in [0.1, 0.15) is 28.4 Å². The van der Waals surface area contributed by atoms with E-state index in [1.54, 1.807) is 11.0 Å². The van der Waals surface area contributed by atoms with E-state index in [1.807, 2.05) is 57.2 Å². The van der Waals surface area contributed by atoms with Crippen LogP contribution in [0.25, 0.3) is 0 Å². The molecule has 20 heavy (non-hydrogen) atoms. The third-order valence-corrected chi connectivity index (χ3v) is 3.25. The molecule has 0 heterocycles. The Morgan fingerprint density at radius 3 is 2.25 bits per heavy atom. The molecule has 0 unspecified atom stereocenters. The van der Waals surface area contributed by atoms with Crippen LogP contribution in [0.15, 0.2) is 42.5 Å². The van der Waals surface area contributed by atoms with Gasteiger partial charge in [-0.05, 0) is 56.7 Å². The molecule has 2 rings (SSSR count). The fraction of sp³-hybridized carbons (Fsp3) is 0.235. The number of nitrogens with zero attached hydrogens (tertiary/aromatic N) is 1. The van der Waals surface area contributed by atoms with E-state index < -0.39 is 0 Å².